The van der Waals surface area contributed by atoms with E-state index in [1.54, 1.807) is 4.90 Å². The lowest BCUT2D eigenvalue weighted by molar-refractivity contribution is -0.112. The second-order valence-corrected chi connectivity index (χ2v) is 7.94. The highest BCUT2D eigenvalue weighted by atomic mass is 79.9. The third-order valence-corrected chi connectivity index (χ3v) is 4.86. The van der Waals surface area contributed by atoms with E-state index in [1.165, 1.54) is 12.8 Å². The van der Waals surface area contributed by atoms with Gasteiger partial charge in [0.05, 0.1) is 18.2 Å². The van der Waals surface area contributed by atoms with Gasteiger partial charge in [0.25, 0.3) is 0 Å². The normalized spacial score (nSPS) is 13.7. The van der Waals surface area contributed by atoms with Gasteiger partial charge in [0, 0.05) is 17.3 Å². The van der Waals surface area contributed by atoms with Gasteiger partial charge < -0.3 is 19.6 Å². The molecule has 0 heterocycles. The minimum Gasteiger partial charge on any atom is -0.493 e. The highest BCUT2D eigenvalue weighted by Gasteiger charge is 2.16. The molecule has 1 atom stereocenters. The molecule has 31 heavy (non-hydrogen) atoms. The Bertz CT molecular complexity index is 562. The number of allylic oxidation sites excluding steroid dienone is 3. The quantitative estimate of drug-likeness (QED) is 0.221. The van der Waals surface area contributed by atoms with Gasteiger partial charge in [-0.2, -0.15) is 0 Å². The zero-order valence-corrected chi connectivity index (χ0v) is 21.0. The van der Waals surface area contributed by atoms with Crippen molar-refractivity contribution in [2.45, 2.75) is 57.4 Å². The summed E-state index contributed by atoms with van der Waals surface area (Å²) in [7, 11) is 7.40. The van der Waals surface area contributed by atoms with Crippen molar-refractivity contribution in [2.24, 2.45) is 0 Å². The molecule has 1 aliphatic carbocycles. The first kappa shape index (κ1) is 31.5. The summed E-state index contributed by atoms with van der Waals surface area (Å²) < 4.78 is 5.60. The summed E-state index contributed by atoms with van der Waals surface area (Å²) >= 11 is 3.39. The minimum atomic E-state index is -0.106. The van der Waals surface area contributed by atoms with Gasteiger partial charge in [-0.05, 0) is 66.4 Å². The number of nitrogens with zero attached hydrogens (tertiary/aromatic N) is 1. The Balaban J connectivity index is 0. The number of unbranched alkanes of at least 4 members (excludes halogenated alkanes) is 3. The van der Waals surface area contributed by atoms with Crippen LogP contribution in [-0.2, 0) is 23.9 Å². The van der Waals surface area contributed by atoms with Crippen molar-refractivity contribution in [1.82, 2.24) is 10.2 Å². The van der Waals surface area contributed by atoms with Crippen molar-refractivity contribution < 1.29 is 23.9 Å². The van der Waals surface area contributed by atoms with Gasteiger partial charge >= 0.3 is 0 Å². The topological polar surface area (TPSA) is 92.8 Å². The summed E-state index contributed by atoms with van der Waals surface area (Å²) in [6.45, 7) is 0.609. The van der Waals surface area contributed by atoms with Crippen LogP contribution in [-0.4, -0.2) is 76.2 Å². The molecule has 0 aromatic heterocycles. The maximum atomic E-state index is 11.0. The summed E-state index contributed by atoms with van der Waals surface area (Å²) in [5.41, 5.74) is 0.985. The van der Waals surface area contributed by atoms with Gasteiger partial charge in [0.15, 0.2) is 6.29 Å². The largest absolute Gasteiger partial charge is 0.493 e. The number of rotatable bonds is 14. The molecule has 1 rings (SSSR count). The van der Waals surface area contributed by atoms with Crippen LogP contribution < -0.4 is 5.32 Å². The molecule has 0 aliphatic heterocycles. The predicted octanol–water partition coefficient (Wildman–Crippen LogP) is 3.26. The fraction of sp³-hybridized carbons (Fsp3) is 0.652. The molecule has 1 unspecified atom stereocenters. The Morgan fingerprint density at radius 3 is 2.23 bits per heavy atom. The lowest BCUT2D eigenvalue weighted by Crippen LogP contribution is -2.29. The van der Waals surface area contributed by atoms with E-state index >= 15 is 0 Å². The SMILES string of the molecule is CN(C)C(C=O)CCC=O.CNC.O=CC1=C(C=O)C(OCCCCCCBr)=CCC1. The predicted molar refractivity (Wildman–Crippen MR) is 129 cm³/mol. The number of carbonyl (C=O) groups is 4. The summed E-state index contributed by atoms with van der Waals surface area (Å²) in [6.07, 6.45) is 12.0. The lowest BCUT2D eigenvalue weighted by atomic mass is 9.98. The number of aldehydes is 4. The number of alkyl halides is 1. The number of hydrogen-bond acceptors (Lipinski definition) is 7. The average molecular weight is 503 g/mol. The molecule has 0 fully saturated rings. The van der Waals surface area contributed by atoms with Crippen molar-refractivity contribution in [1.29, 1.82) is 0 Å². The number of likely N-dealkylation sites (N-methyl/N-ethyl adjacent to an activating group) is 1. The maximum absolute atomic E-state index is 11.0. The van der Waals surface area contributed by atoms with Gasteiger partial charge in [-0.25, -0.2) is 0 Å². The molecule has 8 heteroatoms. The standard InChI is InChI=1S/C14H19BrO3.C7H13NO2.C2H7N/c15-8-3-1-2-4-9-18-14-7-5-6-12(10-16)13(14)11-17;1-8(2)7(6-10)4-3-5-9;1-3-2/h7,10-11H,1-6,8-9H2;5-7H,3-4H2,1-2H3;3H,1-2H3. The van der Waals surface area contributed by atoms with Crippen LogP contribution in [0.5, 0.6) is 0 Å². The zero-order valence-electron chi connectivity index (χ0n) is 19.4. The van der Waals surface area contributed by atoms with E-state index in [-0.39, 0.29) is 6.04 Å². The minimum absolute atomic E-state index is 0.106. The smallest absolute Gasteiger partial charge is 0.154 e. The van der Waals surface area contributed by atoms with E-state index in [0.29, 0.717) is 42.8 Å². The van der Waals surface area contributed by atoms with Gasteiger partial charge in [-0.1, -0.05) is 28.8 Å². The van der Waals surface area contributed by atoms with Crippen LogP contribution in [0.1, 0.15) is 51.4 Å². The number of hydrogen-bond donors (Lipinski definition) is 1. The second-order valence-electron chi connectivity index (χ2n) is 7.14. The van der Waals surface area contributed by atoms with E-state index in [2.05, 4.69) is 21.2 Å². The van der Waals surface area contributed by atoms with E-state index < -0.39 is 0 Å². The van der Waals surface area contributed by atoms with Crippen molar-refractivity contribution in [3.05, 3.63) is 23.0 Å². The second kappa shape index (κ2) is 23.0. The first-order chi connectivity index (χ1) is 15.0. The summed E-state index contributed by atoms with van der Waals surface area (Å²) in [5.74, 6) is 0.582. The van der Waals surface area contributed by atoms with E-state index in [9.17, 15) is 19.2 Å². The van der Waals surface area contributed by atoms with Crippen molar-refractivity contribution in [3.63, 3.8) is 0 Å². The fourth-order valence-corrected chi connectivity index (χ4v) is 2.97. The molecule has 0 amide bonds. The monoisotopic (exact) mass is 502 g/mol. The summed E-state index contributed by atoms with van der Waals surface area (Å²) in [5, 5.41) is 3.79. The molecule has 1 N–H and O–H groups in total. The Labute approximate surface area is 195 Å². The van der Waals surface area contributed by atoms with Crippen molar-refractivity contribution in [2.75, 3.05) is 40.1 Å². The van der Waals surface area contributed by atoms with Gasteiger partial charge in [-0.3, -0.25) is 14.5 Å². The van der Waals surface area contributed by atoms with Crippen LogP contribution in [0.25, 0.3) is 0 Å². The highest BCUT2D eigenvalue weighted by Crippen LogP contribution is 2.23. The third-order valence-electron chi connectivity index (χ3n) is 4.30. The third kappa shape index (κ3) is 16.7. The number of nitrogens with one attached hydrogen (secondary N) is 1. The van der Waals surface area contributed by atoms with Crippen LogP contribution in [0.4, 0.5) is 0 Å². The van der Waals surface area contributed by atoms with Gasteiger partial charge in [0.2, 0.25) is 0 Å². The number of ether oxygens (including phenoxy) is 1. The molecule has 0 radical (unpaired) electrons. The van der Waals surface area contributed by atoms with E-state index in [0.717, 1.165) is 49.7 Å². The summed E-state index contributed by atoms with van der Waals surface area (Å²) in [6, 6.07) is -0.106. The van der Waals surface area contributed by atoms with Gasteiger partial charge in [0.1, 0.15) is 24.6 Å². The Morgan fingerprint density at radius 1 is 1.10 bits per heavy atom. The molecule has 0 saturated carbocycles. The Morgan fingerprint density at radius 2 is 1.74 bits per heavy atom. The fourth-order valence-electron chi connectivity index (χ4n) is 2.57. The molecule has 1 aliphatic rings. The van der Waals surface area contributed by atoms with Crippen LogP contribution in [0.15, 0.2) is 23.0 Å². The molecule has 0 aromatic rings. The first-order valence-electron chi connectivity index (χ1n) is 10.6. The van der Waals surface area contributed by atoms with Crippen molar-refractivity contribution >= 4 is 41.1 Å². The molecular weight excluding hydrogens is 464 g/mol. The molecular formula is C23H39BrN2O5. The molecule has 0 bridgehead atoms. The van der Waals surface area contributed by atoms with Gasteiger partial charge in [-0.15, -0.1) is 0 Å². The first-order valence-corrected chi connectivity index (χ1v) is 11.8. The van der Waals surface area contributed by atoms with Crippen LogP contribution in [0, 0.1) is 0 Å². The van der Waals surface area contributed by atoms with Crippen LogP contribution in [0.3, 0.4) is 0 Å². The Kier molecular flexibility index (Phi) is 23.4. The molecule has 0 aromatic carbocycles. The molecule has 178 valence electrons. The lowest BCUT2D eigenvalue weighted by Gasteiger charge is -2.16. The molecule has 0 spiro atoms. The Hall–Kier alpha value is -1.64. The summed E-state index contributed by atoms with van der Waals surface area (Å²) in [4.78, 5) is 43.8. The maximum Gasteiger partial charge on any atom is 0.154 e. The highest BCUT2D eigenvalue weighted by molar-refractivity contribution is 9.09. The molecule has 7 nitrogen and oxygen atoms in total. The average Bonchev–Trinajstić information content (AvgIpc) is 2.77. The van der Waals surface area contributed by atoms with E-state index in [1.807, 2.05) is 34.3 Å². The zero-order chi connectivity index (χ0) is 23.9. The van der Waals surface area contributed by atoms with E-state index in [4.69, 9.17) is 4.74 Å². The number of halogens is 1. The molecule has 0 saturated heterocycles. The van der Waals surface area contributed by atoms with Crippen LogP contribution in [0.2, 0.25) is 0 Å². The number of carbonyl (C=O) groups excluding carboxylic acids is 4. The van der Waals surface area contributed by atoms with Crippen LogP contribution >= 0.6 is 15.9 Å². The van der Waals surface area contributed by atoms with Crippen molar-refractivity contribution in [3.8, 4) is 0 Å².